The van der Waals surface area contributed by atoms with Crippen molar-refractivity contribution in [3.8, 4) is 0 Å². The number of carbonyl (C=O) groups excluding carboxylic acids is 2. The summed E-state index contributed by atoms with van der Waals surface area (Å²) in [5.74, 6) is -0.919. The van der Waals surface area contributed by atoms with Crippen molar-refractivity contribution >= 4 is 44.8 Å². The molecule has 0 aromatic heterocycles. The van der Waals surface area contributed by atoms with E-state index in [1.807, 2.05) is 30.3 Å². The summed E-state index contributed by atoms with van der Waals surface area (Å²) in [7, 11) is -3.85. The highest BCUT2D eigenvalue weighted by atomic mass is 35.5. The lowest BCUT2D eigenvalue weighted by atomic mass is 10.1. The van der Waals surface area contributed by atoms with E-state index >= 15 is 0 Å². The molecule has 0 saturated heterocycles. The molecule has 0 atom stereocenters. The molecule has 7 nitrogen and oxygen atoms in total. The van der Waals surface area contributed by atoms with Gasteiger partial charge in [-0.1, -0.05) is 72.3 Å². The molecule has 0 heterocycles. The quantitative estimate of drug-likeness (QED) is 0.269. The number of amides is 2. The molecule has 0 aliphatic heterocycles. The molecule has 0 aliphatic carbocycles. The first kappa shape index (κ1) is 25.9. The number of halogens is 1. The molecule has 0 aliphatic rings. The second kappa shape index (κ2) is 11.7. The van der Waals surface area contributed by atoms with Crippen LogP contribution in [0.2, 0.25) is 5.02 Å². The molecule has 2 amide bonds. The summed E-state index contributed by atoms with van der Waals surface area (Å²) in [5.41, 5.74) is 1.92. The molecule has 0 spiro atoms. The average molecular weight is 534 g/mol. The number of hydrogen-bond acceptors (Lipinski definition) is 4. The maximum atomic E-state index is 13.1. The maximum Gasteiger partial charge on any atom is 0.261 e. The van der Waals surface area contributed by atoms with Gasteiger partial charge in [-0.2, -0.15) is 0 Å². The minimum atomic E-state index is -3.85. The lowest BCUT2D eigenvalue weighted by Gasteiger charge is -2.13. The minimum Gasteiger partial charge on any atom is -0.352 e. The fraction of sp³-hybridized carbons (Fsp3) is 0.0714. The van der Waals surface area contributed by atoms with E-state index in [1.165, 1.54) is 30.3 Å². The van der Waals surface area contributed by atoms with Gasteiger partial charge < -0.3 is 10.6 Å². The first-order valence-electron chi connectivity index (χ1n) is 11.4. The second-order valence-corrected chi connectivity index (χ2v) is 10.2. The molecule has 3 N–H and O–H groups in total. The van der Waals surface area contributed by atoms with E-state index in [1.54, 1.807) is 42.5 Å². The van der Waals surface area contributed by atoms with Crippen molar-refractivity contribution in [1.29, 1.82) is 0 Å². The van der Waals surface area contributed by atoms with E-state index in [2.05, 4.69) is 15.4 Å². The van der Waals surface area contributed by atoms with Crippen molar-refractivity contribution < 1.29 is 18.0 Å². The largest absolute Gasteiger partial charge is 0.352 e. The zero-order valence-corrected chi connectivity index (χ0v) is 21.2. The fourth-order valence-corrected chi connectivity index (χ4v) is 4.89. The Kier molecular flexibility index (Phi) is 8.22. The van der Waals surface area contributed by atoms with Gasteiger partial charge in [0.05, 0.1) is 26.7 Å². The number of hydrogen-bond donors (Lipinski definition) is 3. The van der Waals surface area contributed by atoms with Gasteiger partial charge in [0, 0.05) is 12.2 Å². The number of carbonyl (C=O) groups is 2. The molecule has 0 saturated carbocycles. The van der Waals surface area contributed by atoms with Gasteiger partial charge in [-0.15, -0.1) is 0 Å². The molecule has 9 heteroatoms. The Hall–Kier alpha value is -4.14. The van der Waals surface area contributed by atoms with Gasteiger partial charge in [0.2, 0.25) is 0 Å². The predicted molar refractivity (Wildman–Crippen MR) is 146 cm³/mol. The number of sulfonamides is 1. The smallest absolute Gasteiger partial charge is 0.261 e. The van der Waals surface area contributed by atoms with E-state index < -0.39 is 15.9 Å². The highest BCUT2D eigenvalue weighted by Gasteiger charge is 2.18. The van der Waals surface area contributed by atoms with E-state index in [0.29, 0.717) is 24.2 Å². The maximum absolute atomic E-state index is 13.1. The Bertz CT molecular complexity index is 1510. The van der Waals surface area contributed by atoms with Crippen LogP contribution in [0.1, 0.15) is 26.3 Å². The van der Waals surface area contributed by atoms with Gasteiger partial charge in [-0.05, 0) is 54.4 Å². The summed E-state index contributed by atoms with van der Waals surface area (Å²) in [4.78, 5) is 26.0. The summed E-state index contributed by atoms with van der Waals surface area (Å²) in [6, 6.07) is 28.5. The van der Waals surface area contributed by atoms with Crippen LogP contribution in [0, 0.1) is 0 Å². The minimum absolute atomic E-state index is 0.0502. The molecular formula is C28H24ClN3O4S. The van der Waals surface area contributed by atoms with Gasteiger partial charge in [-0.25, -0.2) is 8.42 Å². The predicted octanol–water partition coefficient (Wildman–Crippen LogP) is 5.37. The van der Waals surface area contributed by atoms with Crippen LogP contribution in [0.4, 0.5) is 11.4 Å². The van der Waals surface area contributed by atoms with Crippen molar-refractivity contribution in [3.05, 3.63) is 125 Å². The van der Waals surface area contributed by atoms with Crippen LogP contribution in [-0.4, -0.2) is 26.8 Å². The van der Waals surface area contributed by atoms with Crippen LogP contribution in [0.5, 0.6) is 0 Å². The third kappa shape index (κ3) is 6.75. The topological polar surface area (TPSA) is 104 Å². The Morgan fingerprint density at radius 3 is 2.11 bits per heavy atom. The highest BCUT2D eigenvalue weighted by Crippen LogP contribution is 2.25. The first-order chi connectivity index (χ1) is 17.8. The van der Waals surface area contributed by atoms with Crippen molar-refractivity contribution in [2.45, 2.75) is 11.3 Å². The normalized spacial score (nSPS) is 10.9. The van der Waals surface area contributed by atoms with E-state index in [-0.39, 0.29) is 27.1 Å². The lowest BCUT2D eigenvalue weighted by molar-refractivity contribution is 0.0955. The van der Waals surface area contributed by atoms with E-state index in [0.717, 1.165) is 5.56 Å². The van der Waals surface area contributed by atoms with Gasteiger partial charge in [-0.3, -0.25) is 14.3 Å². The van der Waals surface area contributed by atoms with Crippen LogP contribution in [-0.2, 0) is 16.4 Å². The van der Waals surface area contributed by atoms with Crippen molar-refractivity contribution in [3.63, 3.8) is 0 Å². The van der Waals surface area contributed by atoms with Crippen LogP contribution < -0.4 is 15.4 Å². The third-order valence-electron chi connectivity index (χ3n) is 5.48. The van der Waals surface area contributed by atoms with Gasteiger partial charge in [0.1, 0.15) is 0 Å². The molecule has 0 fully saturated rings. The molecule has 37 heavy (non-hydrogen) atoms. The van der Waals surface area contributed by atoms with Gasteiger partial charge >= 0.3 is 0 Å². The second-order valence-electron chi connectivity index (χ2n) is 8.10. The zero-order chi connectivity index (χ0) is 26.3. The van der Waals surface area contributed by atoms with Crippen LogP contribution in [0.25, 0.3) is 0 Å². The number of nitrogens with one attached hydrogen (secondary N) is 3. The third-order valence-corrected chi connectivity index (χ3v) is 7.21. The molecule has 0 bridgehead atoms. The molecule has 4 aromatic carbocycles. The van der Waals surface area contributed by atoms with Crippen molar-refractivity contribution in [1.82, 2.24) is 5.32 Å². The zero-order valence-electron chi connectivity index (χ0n) is 19.6. The van der Waals surface area contributed by atoms with E-state index in [4.69, 9.17) is 11.6 Å². The molecule has 0 unspecified atom stereocenters. The summed E-state index contributed by atoms with van der Waals surface area (Å²) in [6.45, 7) is 0.431. The Labute approximate surface area is 220 Å². The number of para-hydroxylation sites is 1. The molecule has 188 valence electrons. The number of benzene rings is 4. The summed E-state index contributed by atoms with van der Waals surface area (Å²) < 4.78 is 27.8. The molecule has 0 radical (unpaired) electrons. The Balaban J connectivity index is 1.47. The van der Waals surface area contributed by atoms with Gasteiger partial charge in [0.15, 0.2) is 0 Å². The monoisotopic (exact) mass is 533 g/mol. The molecule has 4 aromatic rings. The van der Waals surface area contributed by atoms with Crippen LogP contribution in [0.3, 0.4) is 0 Å². The highest BCUT2D eigenvalue weighted by molar-refractivity contribution is 7.92. The van der Waals surface area contributed by atoms with Crippen LogP contribution >= 0.6 is 11.6 Å². The summed E-state index contributed by atoms with van der Waals surface area (Å²) in [6.07, 6.45) is 0.669. The first-order valence-corrected chi connectivity index (χ1v) is 13.3. The van der Waals surface area contributed by atoms with Gasteiger partial charge in [0.25, 0.3) is 21.8 Å². The SMILES string of the molecule is O=C(Nc1ccccc1C(=O)NCCc1ccccc1)c1cc(NS(=O)(=O)c2ccccc2)ccc1Cl. The Morgan fingerprint density at radius 1 is 0.730 bits per heavy atom. The lowest BCUT2D eigenvalue weighted by Crippen LogP contribution is -2.27. The average Bonchev–Trinajstić information content (AvgIpc) is 2.91. The van der Waals surface area contributed by atoms with Crippen molar-refractivity contribution in [2.24, 2.45) is 0 Å². The number of rotatable bonds is 9. The van der Waals surface area contributed by atoms with Crippen LogP contribution in [0.15, 0.2) is 108 Å². The fourth-order valence-electron chi connectivity index (χ4n) is 3.62. The number of anilines is 2. The van der Waals surface area contributed by atoms with E-state index in [9.17, 15) is 18.0 Å². The summed E-state index contributed by atoms with van der Waals surface area (Å²) >= 11 is 6.26. The standard InChI is InChI=1S/C28H24ClN3O4S/c29-25-16-15-21(32-37(35,36)22-11-5-2-6-12-22)19-24(25)28(34)31-26-14-8-7-13-23(26)27(33)30-18-17-20-9-3-1-4-10-20/h1-16,19,32H,17-18H2,(H,30,33)(H,31,34). The van der Waals surface area contributed by atoms with Crippen molar-refractivity contribution in [2.75, 3.05) is 16.6 Å². The molecule has 4 rings (SSSR count). The summed E-state index contributed by atoms with van der Waals surface area (Å²) in [5, 5.41) is 5.72. The Morgan fingerprint density at radius 2 is 1.38 bits per heavy atom. The molecular weight excluding hydrogens is 510 g/mol.